The van der Waals surface area contributed by atoms with Gasteiger partial charge >= 0.3 is 0 Å². The van der Waals surface area contributed by atoms with Gasteiger partial charge in [0.15, 0.2) is 0 Å². The summed E-state index contributed by atoms with van der Waals surface area (Å²) in [6.45, 7) is 0. The van der Waals surface area contributed by atoms with E-state index in [2.05, 4.69) is 6.07 Å². The van der Waals surface area contributed by atoms with Crippen LogP contribution in [0.15, 0.2) is 18.2 Å². The predicted molar refractivity (Wildman–Crippen MR) is 54.9 cm³/mol. The van der Waals surface area contributed by atoms with Gasteiger partial charge in [0, 0.05) is 5.75 Å². The summed E-state index contributed by atoms with van der Waals surface area (Å²) >= 11 is 1.74. The molecule has 0 N–H and O–H groups in total. The molecule has 0 saturated carbocycles. The summed E-state index contributed by atoms with van der Waals surface area (Å²) in [7, 11) is 1.57. The summed E-state index contributed by atoms with van der Waals surface area (Å²) in [5.74, 6) is 1.57. The van der Waals surface area contributed by atoms with Crippen molar-refractivity contribution < 1.29 is 4.74 Å². The van der Waals surface area contributed by atoms with Gasteiger partial charge in [-0.15, -0.1) is 0 Å². The molecule has 0 spiro atoms. The molecule has 1 rings (SSSR count). The fraction of sp³-hybridized carbons (Fsp3) is 0.300. The molecule has 0 amide bonds. The van der Waals surface area contributed by atoms with Crippen LogP contribution >= 0.6 is 11.8 Å². The number of ether oxygens (including phenoxy) is 1. The number of benzene rings is 1. The first-order valence-electron chi connectivity index (χ1n) is 3.87. The maximum Gasteiger partial charge on any atom is 0.136 e. The predicted octanol–water partition coefficient (Wildman–Crippen LogP) is 2.43. The van der Waals surface area contributed by atoms with Gasteiger partial charge in [0.2, 0.25) is 0 Å². The number of nitriles is 1. The summed E-state index contributed by atoms with van der Waals surface area (Å²) in [5.41, 5.74) is 1.76. The Hall–Kier alpha value is -1.14. The zero-order valence-corrected chi connectivity index (χ0v) is 8.52. The highest BCUT2D eigenvalue weighted by Gasteiger charge is 2.02. The Bertz CT molecular complexity index is 330. The average molecular weight is 193 g/mol. The molecule has 0 heterocycles. The fourth-order valence-corrected chi connectivity index (χ4v) is 1.61. The van der Waals surface area contributed by atoms with Gasteiger partial charge in [-0.3, -0.25) is 0 Å². The lowest BCUT2D eigenvalue weighted by Crippen LogP contribution is -1.89. The highest BCUT2D eigenvalue weighted by molar-refractivity contribution is 7.97. The SMILES string of the molecule is COc1ccc(CSC)cc1C#N. The van der Waals surface area contributed by atoms with Crippen molar-refractivity contribution in [3.8, 4) is 11.8 Å². The van der Waals surface area contributed by atoms with Gasteiger partial charge in [0.1, 0.15) is 11.8 Å². The lowest BCUT2D eigenvalue weighted by Gasteiger charge is -2.04. The van der Waals surface area contributed by atoms with E-state index in [1.807, 2.05) is 24.5 Å². The maximum absolute atomic E-state index is 8.81. The Morgan fingerprint density at radius 2 is 2.31 bits per heavy atom. The fourth-order valence-electron chi connectivity index (χ4n) is 1.10. The first kappa shape index (κ1) is 9.94. The molecule has 0 bridgehead atoms. The number of hydrogen-bond donors (Lipinski definition) is 0. The minimum Gasteiger partial charge on any atom is -0.495 e. The number of methoxy groups -OCH3 is 1. The minimum absolute atomic E-state index is 0.606. The van der Waals surface area contributed by atoms with Gasteiger partial charge < -0.3 is 4.74 Å². The van der Waals surface area contributed by atoms with Crippen LogP contribution in [0.2, 0.25) is 0 Å². The number of thioether (sulfide) groups is 1. The van der Waals surface area contributed by atoms with Gasteiger partial charge in [-0.25, -0.2) is 0 Å². The van der Waals surface area contributed by atoms with Crippen LogP contribution < -0.4 is 4.74 Å². The van der Waals surface area contributed by atoms with E-state index in [-0.39, 0.29) is 0 Å². The quantitative estimate of drug-likeness (QED) is 0.739. The Balaban J connectivity index is 3.00. The Morgan fingerprint density at radius 1 is 1.54 bits per heavy atom. The average Bonchev–Trinajstić information content (AvgIpc) is 2.18. The van der Waals surface area contributed by atoms with Gasteiger partial charge in [-0.2, -0.15) is 17.0 Å². The third-order valence-corrected chi connectivity index (χ3v) is 2.32. The van der Waals surface area contributed by atoms with Crippen molar-refractivity contribution in [2.24, 2.45) is 0 Å². The molecule has 0 aliphatic carbocycles. The molecule has 0 atom stereocenters. The van der Waals surface area contributed by atoms with Gasteiger partial charge in [0.05, 0.1) is 12.7 Å². The molecular weight excluding hydrogens is 182 g/mol. The molecule has 3 heteroatoms. The number of nitrogens with zero attached hydrogens (tertiary/aromatic N) is 1. The molecule has 0 radical (unpaired) electrons. The van der Waals surface area contributed by atoms with Crippen LogP contribution in [0.3, 0.4) is 0 Å². The van der Waals surface area contributed by atoms with Crippen molar-refractivity contribution in [3.63, 3.8) is 0 Å². The highest BCUT2D eigenvalue weighted by atomic mass is 32.2. The number of rotatable bonds is 3. The second-order valence-electron chi connectivity index (χ2n) is 2.58. The standard InChI is InChI=1S/C10H11NOS/c1-12-10-4-3-8(7-13-2)5-9(10)6-11/h3-5H,7H2,1-2H3. The second kappa shape index (κ2) is 4.78. The van der Waals surface area contributed by atoms with Crippen molar-refractivity contribution in [2.45, 2.75) is 5.75 Å². The topological polar surface area (TPSA) is 33.0 Å². The van der Waals surface area contributed by atoms with E-state index in [0.29, 0.717) is 11.3 Å². The first-order chi connectivity index (χ1) is 6.31. The van der Waals surface area contributed by atoms with Crippen LogP contribution in [-0.2, 0) is 5.75 Å². The van der Waals surface area contributed by atoms with Crippen molar-refractivity contribution in [1.82, 2.24) is 0 Å². The zero-order chi connectivity index (χ0) is 9.68. The van der Waals surface area contributed by atoms with Crippen molar-refractivity contribution in [2.75, 3.05) is 13.4 Å². The molecule has 0 saturated heterocycles. The van der Waals surface area contributed by atoms with Gasteiger partial charge in [0.25, 0.3) is 0 Å². The van der Waals surface area contributed by atoms with Crippen LogP contribution in [0.5, 0.6) is 5.75 Å². The molecule has 68 valence electrons. The van der Waals surface area contributed by atoms with E-state index in [9.17, 15) is 0 Å². The summed E-state index contributed by atoms with van der Waals surface area (Å²) in [4.78, 5) is 0. The number of hydrogen-bond acceptors (Lipinski definition) is 3. The molecule has 13 heavy (non-hydrogen) atoms. The molecular formula is C10H11NOS. The Morgan fingerprint density at radius 3 is 2.85 bits per heavy atom. The van der Waals surface area contributed by atoms with E-state index >= 15 is 0 Å². The summed E-state index contributed by atoms with van der Waals surface area (Å²) < 4.78 is 5.04. The third kappa shape index (κ3) is 2.40. The van der Waals surface area contributed by atoms with E-state index in [0.717, 1.165) is 11.3 Å². The second-order valence-corrected chi connectivity index (χ2v) is 3.45. The van der Waals surface area contributed by atoms with E-state index in [4.69, 9.17) is 10.00 Å². The lowest BCUT2D eigenvalue weighted by atomic mass is 10.1. The Labute approximate surface area is 82.5 Å². The van der Waals surface area contributed by atoms with E-state index in [1.54, 1.807) is 18.9 Å². The first-order valence-corrected chi connectivity index (χ1v) is 5.27. The minimum atomic E-state index is 0.606. The monoisotopic (exact) mass is 193 g/mol. The molecule has 0 aromatic heterocycles. The maximum atomic E-state index is 8.81. The third-order valence-electron chi connectivity index (χ3n) is 1.70. The largest absolute Gasteiger partial charge is 0.495 e. The van der Waals surface area contributed by atoms with Crippen LogP contribution in [0.4, 0.5) is 0 Å². The molecule has 0 aliphatic heterocycles. The van der Waals surface area contributed by atoms with E-state index in [1.165, 1.54) is 0 Å². The normalized spacial score (nSPS) is 9.31. The molecule has 0 aliphatic rings. The van der Waals surface area contributed by atoms with Gasteiger partial charge in [-0.05, 0) is 24.0 Å². The summed E-state index contributed by atoms with van der Waals surface area (Å²) in [5, 5.41) is 8.81. The molecule has 0 fully saturated rings. The Kier molecular flexibility index (Phi) is 3.66. The van der Waals surface area contributed by atoms with Crippen LogP contribution in [0.25, 0.3) is 0 Å². The lowest BCUT2D eigenvalue weighted by molar-refractivity contribution is 0.413. The van der Waals surface area contributed by atoms with Crippen LogP contribution in [0, 0.1) is 11.3 Å². The van der Waals surface area contributed by atoms with E-state index < -0.39 is 0 Å². The molecule has 1 aromatic carbocycles. The molecule has 0 unspecified atom stereocenters. The molecule has 1 aromatic rings. The zero-order valence-electron chi connectivity index (χ0n) is 7.70. The van der Waals surface area contributed by atoms with Crippen molar-refractivity contribution in [3.05, 3.63) is 29.3 Å². The molecule has 2 nitrogen and oxygen atoms in total. The van der Waals surface area contributed by atoms with Crippen LogP contribution in [-0.4, -0.2) is 13.4 Å². The van der Waals surface area contributed by atoms with Crippen molar-refractivity contribution >= 4 is 11.8 Å². The van der Waals surface area contributed by atoms with Crippen molar-refractivity contribution in [1.29, 1.82) is 5.26 Å². The van der Waals surface area contributed by atoms with Gasteiger partial charge in [-0.1, -0.05) is 6.07 Å². The van der Waals surface area contributed by atoms with Crippen LogP contribution in [0.1, 0.15) is 11.1 Å². The smallest absolute Gasteiger partial charge is 0.136 e. The highest BCUT2D eigenvalue weighted by Crippen LogP contribution is 2.20. The summed E-state index contributed by atoms with van der Waals surface area (Å²) in [6.07, 6.45) is 2.04. The summed E-state index contributed by atoms with van der Waals surface area (Å²) in [6, 6.07) is 7.80.